The molecular formula is C19H28N3O5S+. The summed E-state index contributed by atoms with van der Waals surface area (Å²) in [7, 11) is -3.15. The number of carbonyl (C=O) groups excluding carboxylic acids is 1. The molecule has 0 bridgehead atoms. The summed E-state index contributed by atoms with van der Waals surface area (Å²) in [6.45, 7) is 5.44. The summed E-state index contributed by atoms with van der Waals surface area (Å²) < 4.78 is 35.5. The van der Waals surface area contributed by atoms with Crippen LogP contribution in [0.5, 0.6) is 11.5 Å². The lowest BCUT2D eigenvalue weighted by Gasteiger charge is -2.36. The van der Waals surface area contributed by atoms with Crippen molar-refractivity contribution in [1.82, 2.24) is 9.21 Å². The third-order valence-corrected chi connectivity index (χ3v) is 7.25. The van der Waals surface area contributed by atoms with Gasteiger partial charge in [0.1, 0.15) is 6.54 Å². The van der Waals surface area contributed by atoms with Crippen molar-refractivity contribution in [3.63, 3.8) is 0 Å². The minimum Gasteiger partial charge on any atom is -0.454 e. The Morgan fingerprint density at radius 2 is 1.79 bits per heavy atom. The van der Waals surface area contributed by atoms with Crippen molar-refractivity contribution in [1.29, 1.82) is 0 Å². The number of sulfonamides is 1. The Labute approximate surface area is 166 Å². The van der Waals surface area contributed by atoms with Crippen molar-refractivity contribution in [3.8, 4) is 11.5 Å². The van der Waals surface area contributed by atoms with E-state index in [1.807, 2.05) is 17.0 Å². The fourth-order valence-electron chi connectivity index (χ4n) is 4.25. The zero-order valence-electron chi connectivity index (χ0n) is 16.2. The van der Waals surface area contributed by atoms with Crippen LogP contribution in [0.4, 0.5) is 0 Å². The van der Waals surface area contributed by atoms with Gasteiger partial charge in [0.15, 0.2) is 11.5 Å². The van der Waals surface area contributed by atoms with E-state index in [4.69, 9.17) is 9.47 Å². The summed E-state index contributed by atoms with van der Waals surface area (Å²) in [6.07, 6.45) is 2.48. The first-order chi connectivity index (χ1) is 13.4. The summed E-state index contributed by atoms with van der Waals surface area (Å²) in [5, 5.41) is 0. The summed E-state index contributed by atoms with van der Waals surface area (Å²) in [5.74, 6) is 1.76. The number of amides is 1. The number of nitrogens with one attached hydrogen (secondary N) is 1. The average molecular weight is 411 g/mol. The van der Waals surface area contributed by atoms with Crippen LogP contribution in [-0.2, 0) is 21.4 Å². The number of piperidine rings is 1. The maximum absolute atomic E-state index is 12.8. The second-order valence-corrected chi connectivity index (χ2v) is 9.86. The van der Waals surface area contributed by atoms with Crippen LogP contribution in [-0.4, -0.2) is 75.8 Å². The highest BCUT2D eigenvalue weighted by atomic mass is 32.2. The first kappa shape index (κ1) is 19.5. The van der Waals surface area contributed by atoms with Gasteiger partial charge in [0, 0.05) is 24.6 Å². The highest BCUT2D eigenvalue weighted by molar-refractivity contribution is 7.88. The smallest absolute Gasteiger partial charge is 0.231 e. The molecule has 3 heterocycles. The van der Waals surface area contributed by atoms with E-state index in [9.17, 15) is 13.2 Å². The van der Waals surface area contributed by atoms with Crippen LogP contribution in [0.2, 0.25) is 0 Å². The van der Waals surface area contributed by atoms with Gasteiger partial charge >= 0.3 is 0 Å². The Balaban J connectivity index is 1.25. The maximum atomic E-state index is 12.8. The lowest BCUT2D eigenvalue weighted by molar-refractivity contribution is -0.917. The molecule has 2 saturated heterocycles. The first-order valence-corrected chi connectivity index (χ1v) is 11.7. The largest absolute Gasteiger partial charge is 0.454 e. The number of rotatable bonds is 4. The molecular weight excluding hydrogens is 382 g/mol. The zero-order valence-corrected chi connectivity index (χ0v) is 17.0. The predicted molar refractivity (Wildman–Crippen MR) is 103 cm³/mol. The molecule has 8 nitrogen and oxygen atoms in total. The molecule has 0 saturated carbocycles. The quantitative estimate of drug-likeness (QED) is 0.711. The number of ether oxygens (including phenoxy) is 2. The number of hydrogen-bond donors (Lipinski definition) is 1. The standard InChI is InChI=1S/C19H27N3O5S/c1-28(24,25)22-6-4-16(5-7-22)19(23)21-10-8-20(9-11-21)13-15-2-3-17-18(12-15)27-14-26-17/h2-3,12,16H,4-11,13-14H2,1H3/p+1. The molecule has 0 aromatic heterocycles. The fourth-order valence-corrected chi connectivity index (χ4v) is 5.13. The number of hydrogen-bond acceptors (Lipinski definition) is 5. The van der Waals surface area contributed by atoms with Crippen LogP contribution in [0.1, 0.15) is 18.4 Å². The van der Waals surface area contributed by atoms with Crippen LogP contribution in [0.3, 0.4) is 0 Å². The number of fused-ring (bicyclic) bond motifs is 1. The topological polar surface area (TPSA) is 80.6 Å². The fraction of sp³-hybridized carbons (Fsp3) is 0.632. The lowest BCUT2D eigenvalue weighted by atomic mass is 9.96. The second kappa shape index (κ2) is 7.88. The Bertz CT molecular complexity index is 828. The van der Waals surface area contributed by atoms with Gasteiger partial charge in [-0.3, -0.25) is 4.79 Å². The number of benzene rings is 1. The third kappa shape index (κ3) is 4.26. The molecule has 9 heteroatoms. The van der Waals surface area contributed by atoms with Gasteiger partial charge in [0.25, 0.3) is 0 Å². The molecule has 3 aliphatic rings. The molecule has 3 aliphatic heterocycles. The van der Waals surface area contributed by atoms with Gasteiger partial charge in [-0.2, -0.15) is 0 Å². The highest BCUT2D eigenvalue weighted by Gasteiger charge is 2.33. The van der Waals surface area contributed by atoms with E-state index >= 15 is 0 Å². The summed E-state index contributed by atoms with van der Waals surface area (Å²) in [4.78, 5) is 16.2. The van der Waals surface area contributed by atoms with Crippen LogP contribution >= 0.6 is 0 Å². The summed E-state index contributed by atoms with van der Waals surface area (Å²) in [6, 6.07) is 6.08. The van der Waals surface area contributed by atoms with Crippen molar-refractivity contribution in [3.05, 3.63) is 23.8 Å². The van der Waals surface area contributed by atoms with Gasteiger partial charge in [0.05, 0.1) is 32.4 Å². The van der Waals surface area contributed by atoms with Gasteiger partial charge < -0.3 is 19.3 Å². The van der Waals surface area contributed by atoms with Gasteiger partial charge in [-0.15, -0.1) is 0 Å². The van der Waals surface area contributed by atoms with E-state index in [0.29, 0.717) is 25.9 Å². The van der Waals surface area contributed by atoms with Crippen LogP contribution in [0.15, 0.2) is 18.2 Å². The molecule has 0 spiro atoms. The molecule has 0 unspecified atom stereocenters. The number of carbonyl (C=O) groups is 1. The highest BCUT2D eigenvalue weighted by Crippen LogP contribution is 2.32. The number of piperazine rings is 1. The van der Waals surface area contributed by atoms with Gasteiger partial charge in [-0.05, 0) is 31.0 Å². The van der Waals surface area contributed by atoms with E-state index in [0.717, 1.165) is 44.2 Å². The third-order valence-electron chi connectivity index (χ3n) is 5.95. The summed E-state index contributed by atoms with van der Waals surface area (Å²) >= 11 is 0. The monoisotopic (exact) mass is 410 g/mol. The van der Waals surface area contributed by atoms with Crippen molar-refractivity contribution < 1.29 is 27.6 Å². The van der Waals surface area contributed by atoms with E-state index in [2.05, 4.69) is 6.07 Å². The van der Waals surface area contributed by atoms with Gasteiger partial charge in [-0.25, -0.2) is 12.7 Å². The van der Waals surface area contributed by atoms with Crippen molar-refractivity contribution in [2.24, 2.45) is 5.92 Å². The average Bonchev–Trinajstić information content (AvgIpc) is 3.15. The van der Waals surface area contributed by atoms with Crippen LogP contribution in [0, 0.1) is 5.92 Å². The molecule has 28 heavy (non-hydrogen) atoms. The van der Waals surface area contributed by atoms with E-state index in [-0.39, 0.29) is 18.6 Å². The van der Waals surface area contributed by atoms with E-state index in [1.165, 1.54) is 21.0 Å². The zero-order chi connectivity index (χ0) is 19.7. The molecule has 1 amide bonds. The van der Waals surface area contributed by atoms with E-state index in [1.54, 1.807) is 0 Å². The molecule has 0 radical (unpaired) electrons. The minimum absolute atomic E-state index is 0.0478. The Kier molecular flexibility index (Phi) is 5.48. The van der Waals surface area contributed by atoms with Crippen molar-refractivity contribution in [2.75, 3.05) is 52.3 Å². The predicted octanol–water partition coefficient (Wildman–Crippen LogP) is -0.686. The molecule has 1 N–H and O–H groups in total. The molecule has 4 rings (SSSR count). The van der Waals surface area contributed by atoms with E-state index < -0.39 is 10.0 Å². The maximum Gasteiger partial charge on any atom is 0.231 e. The normalized spacial score (nSPS) is 21.8. The van der Waals surface area contributed by atoms with Crippen molar-refractivity contribution >= 4 is 15.9 Å². The Morgan fingerprint density at radius 3 is 2.46 bits per heavy atom. The Morgan fingerprint density at radius 1 is 1.11 bits per heavy atom. The second-order valence-electron chi connectivity index (χ2n) is 7.88. The van der Waals surface area contributed by atoms with Crippen molar-refractivity contribution in [2.45, 2.75) is 19.4 Å². The molecule has 0 atom stereocenters. The first-order valence-electron chi connectivity index (χ1n) is 9.86. The van der Waals surface area contributed by atoms with Gasteiger partial charge in [0.2, 0.25) is 22.7 Å². The molecule has 0 aliphatic carbocycles. The Hall–Kier alpha value is -1.84. The molecule has 154 valence electrons. The number of nitrogens with zero attached hydrogens (tertiary/aromatic N) is 2. The molecule has 1 aromatic carbocycles. The molecule has 2 fully saturated rings. The lowest BCUT2D eigenvalue weighted by Crippen LogP contribution is -3.13. The minimum atomic E-state index is -3.15. The van der Waals surface area contributed by atoms with Crippen LogP contribution < -0.4 is 14.4 Å². The number of quaternary nitrogens is 1. The van der Waals surface area contributed by atoms with Gasteiger partial charge in [-0.1, -0.05) is 0 Å². The summed E-state index contributed by atoms with van der Waals surface area (Å²) in [5.41, 5.74) is 1.21. The molecule has 1 aromatic rings. The van der Waals surface area contributed by atoms with Crippen LogP contribution in [0.25, 0.3) is 0 Å². The SMILES string of the molecule is CS(=O)(=O)N1CCC(C(=O)N2CC[NH+](Cc3ccc4c(c3)OCO4)CC2)CC1.